The second-order valence-corrected chi connectivity index (χ2v) is 7.04. The molecule has 1 saturated heterocycles. The summed E-state index contributed by atoms with van der Waals surface area (Å²) in [5.41, 5.74) is -3.32. The van der Waals surface area contributed by atoms with E-state index in [1.807, 2.05) is 0 Å². The van der Waals surface area contributed by atoms with Crippen molar-refractivity contribution in [1.29, 1.82) is 0 Å². The Hall–Kier alpha value is -3.08. The van der Waals surface area contributed by atoms with E-state index in [1.165, 1.54) is 23.4 Å². The van der Waals surface area contributed by atoms with Crippen molar-refractivity contribution < 1.29 is 32.2 Å². The van der Waals surface area contributed by atoms with Crippen molar-refractivity contribution in [3.05, 3.63) is 41.6 Å². The number of halogens is 3. The van der Waals surface area contributed by atoms with E-state index in [1.54, 1.807) is 30.3 Å². The molecular weight excluding hydrogens is 417 g/mol. The van der Waals surface area contributed by atoms with E-state index in [-0.39, 0.29) is 37.3 Å². The monoisotopic (exact) mass is 438 g/mol. The van der Waals surface area contributed by atoms with Gasteiger partial charge in [0.1, 0.15) is 0 Å². The third-order valence-corrected chi connectivity index (χ3v) is 5.09. The molecule has 0 unspecified atom stereocenters. The molecule has 31 heavy (non-hydrogen) atoms. The van der Waals surface area contributed by atoms with Gasteiger partial charge in [-0.3, -0.25) is 0 Å². The van der Waals surface area contributed by atoms with E-state index in [4.69, 9.17) is 14.2 Å². The molecule has 0 radical (unpaired) electrons. The van der Waals surface area contributed by atoms with Crippen LogP contribution >= 0.6 is 0 Å². The van der Waals surface area contributed by atoms with Crippen LogP contribution in [-0.2, 0) is 19.8 Å². The normalized spacial score (nSPS) is 21.2. The van der Waals surface area contributed by atoms with Crippen LogP contribution in [0.3, 0.4) is 0 Å². The summed E-state index contributed by atoms with van der Waals surface area (Å²) in [6, 6.07) is 8.25. The summed E-state index contributed by atoms with van der Waals surface area (Å²) in [6.45, 7) is 3.72. The quantitative estimate of drug-likeness (QED) is 0.686. The van der Waals surface area contributed by atoms with Crippen LogP contribution in [-0.4, -0.2) is 65.8 Å². The Morgan fingerprint density at radius 1 is 1.23 bits per heavy atom. The molecule has 0 bridgehead atoms. The molecular formula is C20H21F3N4O4. The highest BCUT2D eigenvalue weighted by Crippen LogP contribution is 2.51. The van der Waals surface area contributed by atoms with E-state index in [0.29, 0.717) is 18.9 Å². The molecule has 2 aliphatic rings. The number of alkyl halides is 3. The fourth-order valence-electron chi connectivity index (χ4n) is 3.66. The summed E-state index contributed by atoms with van der Waals surface area (Å²) in [5, 5.41) is 4.26. The first-order chi connectivity index (χ1) is 14.8. The SMILES string of the molecule is CCOC(=O)[C@@]1(C(F)(F)F)N=C(N2CCOCC2)Oc2c1c(C)nn2-c1ccccc1. The van der Waals surface area contributed by atoms with Crippen LogP contribution in [0.2, 0.25) is 0 Å². The highest BCUT2D eigenvalue weighted by molar-refractivity contribution is 5.92. The number of carbonyl (C=O) groups is 1. The molecule has 166 valence electrons. The average Bonchev–Trinajstić information content (AvgIpc) is 3.10. The molecule has 0 aliphatic carbocycles. The number of aromatic nitrogens is 2. The van der Waals surface area contributed by atoms with Gasteiger partial charge in [-0.25, -0.2) is 14.5 Å². The zero-order chi connectivity index (χ0) is 22.2. The molecule has 1 aromatic carbocycles. The summed E-state index contributed by atoms with van der Waals surface area (Å²) < 4.78 is 61.2. The topological polar surface area (TPSA) is 78.2 Å². The number of rotatable bonds is 3. The average molecular weight is 438 g/mol. The fourth-order valence-corrected chi connectivity index (χ4v) is 3.66. The summed E-state index contributed by atoms with van der Waals surface area (Å²) in [6.07, 6.45) is -5.09. The minimum Gasteiger partial charge on any atom is -0.464 e. The van der Waals surface area contributed by atoms with Crippen LogP contribution in [0.5, 0.6) is 5.88 Å². The van der Waals surface area contributed by atoms with E-state index >= 15 is 0 Å². The Balaban J connectivity index is 1.98. The molecule has 1 aromatic heterocycles. The molecule has 11 heteroatoms. The summed E-state index contributed by atoms with van der Waals surface area (Å²) >= 11 is 0. The number of hydrogen-bond acceptors (Lipinski definition) is 7. The third kappa shape index (κ3) is 3.42. The van der Waals surface area contributed by atoms with Gasteiger partial charge in [0, 0.05) is 13.1 Å². The smallest absolute Gasteiger partial charge is 0.429 e. The third-order valence-electron chi connectivity index (χ3n) is 5.09. The van der Waals surface area contributed by atoms with Crippen LogP contribution in [0.4, 0.5) is 13.2 Å². The highest BCUT2D eigenvalue weighted by atomic mass is 19.4. The van der Waals surface area contributed by atoms with Crippen molar-refractivity contribution in [3.8, 4) is 11.6 Å². The Morgan fingerprint density at radius 3 is 2.52 bits per heavy atom. The Bertz CT molecular complexity index is 1000. The number of morpholine rings is 1. The van der Waals surface area contributed by atoms with E-state index in [2.05, 4.69) is 10.1 Å². The number of nitrogens with zero attached hydrogens (tertiary/aromatic N) is 4. The maximum absolute atomic E-state index is 14.6. The maximum Gasteiger partial charge on any atom is 0.429 e. The van der Waals surface area contributed by atoms with Gasteiger partial charge in [-0.15, -0.1) is 0 Å². The zero-order valence-corrected chi connectivity index (χ0v) is 17.0. The van der Waals surface area contributed by atoms with Gasteiger partial charge in [0.2, 0.25) is 5.88 Å². The van der Waals surface area contributed by atoms with Gasteiger partial charge in [0.25, 0.3) is 11.6 Å². The van der Waals surface area contributed by atoms with Gasteiger partial charge in [0.15, 0.2) is 0 Å². The minimum atomic E-state index is -5.09. The summed E-state index contributed by atoms with van der Waals surface area (Å²) in [4.78, 5) is 18.2. The minimum absolute atomic E-state index is 0.0333. The zero-order valence-electron chi connectivity index (χ0n) is 17.0. The first-order valence-corrected chi connectivity index (χ1v) is 9.79. The standard InChI is InChI=1S/C20H21F3N4O4/c1-3-30-17(28)19(20(21,22)23)15-13(2)25-27(14-7-5-4-6-8-14)16(15)31-18(24-19)26-9-11-29-12-10-26/h4-8H,3,9-12H2,1-2H3/t19-/m0/s1. The predicted molar refractivity (Wildman–Crippen MR) is 103 cm³/mol. The molecule has 0 N–H and O–H groups in total. The van der Waals surface area contributed by atoms with Gasteiger partial charge >= 0.3 is 12.1 Å². The Labute approximate surface area is 176 Å². The lowest BCUT2D eigenvalue weighted by Gasteiger charge is -2.37. The van der Waals surface area contributed by atoms with Crippen LogP contribution in [0.15, 0.2) is 35.3 Å². The van der Waals surface area contributed by atoms with Gasteiger partial charge in [-0.1, -0.05) is 18.2 Å². The molecule has 1 fully saturated rings. The molecule has 8 nitrogen and oxygen atoms in total. The van der Waals surface area contributed by atoms with Crippen LogP contribution in [0.25, 0.3) is 5.69 Å². The Morgan fingerprint density at radius 2 is 1.90 bits per heavy atom. The van der Waals surface area contributed by atoms with E-state index < -0.39 is 23.2 Å². The number of aliphatic imine (C=N–C) groups is 1. The lowest BCUT2D eigenvalue weighted by Crippen LogP contribution is -2.55. The second kappa shape index (κ2) is 7.88. The van der Waals surface area contributed by atoms with Gasteiger partial charge in [-0.2, -0.15) is 18.3 Å². The largest absolute Gasteiger partial charge is 0.464 e. The molecule has 0 saturated carbocycles. The number of amidine groups is 1. The Kier molecular flexibility index (Phi) is 5.38. The van der Waals surface area contributed by atoms with Gasteiger partial charge in [-0.05, 0) is 26.0 Å². The molecule has 4 rings (SSSR count). The van der Waals surface area contributed by atoms with Gasteiger partial charge < -0.3 is 19.1 Å². The maximum atomic E-state index is 14.6. The van der Waals surface area contributed by atoms with E-state index in [0.717, 1.165) is 0 Å². The predicted octanol–water partition coefficient (Wildman–Crippen LogP) is 2.58. The van der Waals surface area contributed by atoms with Crippen molar-refractivity contribution >= 4 is 12.0 Å². The van der Waals surface area contributed by atoms with Crippen molar-refractivity contribution in [2.75, 3.05) is 32.9 Å². The summed E-state index contributed by atoms with van der Waals surface area (Å²) in [7, 11) is 0. The van der Waals surface area contributed by atoms with Crippen LogP contribution in [0.1, 0.15) is 18.2 Å². The van der Waals surface area contributed by atoms with E-state index in [9.17, 15) is 18.0 Å². The summed E-state index contributed by atoms with van der Waals surface area (Å²) in [5.74, 6) is -1.74. The first-order valence-electron chi connectivity index (χ1n) is 9.79. The first kappa shape index (κ1) is 21.2. The number of aryl methyl sites for hydroxylation is 1. The molecule has 2 aromatic rings. The number of esters is 1. The van der Waals surface area contributed by atoms with Crippen molar-refractivity contribution in [2.24, 2.45) is 4.99 Å². The van der Waals surface area contributed by atoms with Crippen LogP contribution in [0, 0.1) is 6.92 Å². The number of ether oxygens (including phenoxy) is 3. The lowest BCUT2D eigenvalue weighted by molar-refractivity contribution is -0.209. The van der Waals surface area contributed by atoms with Crippen molar-refractivity contribution in [2.45, 2.75) is 25.6 Å². The number of benzene rings is 1. The lowest BCUT2D eigenvalue weighted by atomic mass is 9.88. The highest BCUT2D eigenvalue weighted by Gasteiger charge is 2.68. The molecule has 0 amide bonds. The van der Waals surface area contributed by atoms with Crippen molar-refractivity contribution in [1.82, 2.24) is 14.7 Å². The number of fused-ring (bicyclic) bond motifs is 1. The van der Waals surface area contributed by atoms with Crippen LogP contribution < -0.4 is 4.74 Å². The second-order valence-electron chi connectivity index (χ2n) is 7.04. The molecule has 2 aliphatic heterocycles. The van der Waals surface area contributed by atoms with Crippen molar-refractivity contribution in [3.63, 3.8) is 0 Å². The number of para-hydroxylation sites is 1. The van der Waals surface area contributed by atoms with Gasteiger partial charge in [0.05, 0.1) is 36.8 Å². The molecule has 0 spiro atoms. The molecule has 1 atom stereocenters. The fraction of sp³-hybridized carbons (Fsp3) is 0.450. The molecule has 3 heterocycles. The number of hydrogen-bond donors (Lipinski definition) is 0. The number of carbonyl (C=O) groups excluding carboxylic acids is 1.